The maximum Gasteiger partial charge on any atom is -0.0126 e. The maximum absolute atomic E-state index is 2.32. The SMILES string of the molecule is CC1=CCC(C)=C1c1cc(C)cc(C)c1. The zero-order valence-corrected chi connectivity index (χ0v) is 10.0. The molecule has 0 amide bonds. The first-order valence-corrected chi connectivity index (χ1v) is 5.53. The second kappa shape index (κ2) is 3.69. The fourth-order valence-corrected chi connectivity index (χ4v) is 2.44. The Morgan fingerprint density at radius 3 is 1.93 bits per heavy atom. The minimum atomic E-state index is 1.12. The predicted molar refractivity (Wildman–Crippen MR) is 66.9 cm³/mol. The Kier molecular flexibility index (Phi) is 2.52. The number of benzene rings is 1. The van der Waals surface area contributed by atoms with Crippen molar-refractivity contribution in [2.24, 2.45) is 0 Å². The molecule has 0 bridgehead atoms. The van der Waals surface area contributed by atoms with Crippen LogP contribution in [0.4, 0.5) is 0 Å². The van der Waals surface area contributed by atoms with Crippen molar-refractivity contribution >= 4 is 5.57 Å². The quantitative estimate of drug-likeness (QED) is 0.626. The van der Waals surface area contributed by atoms with Gasteiger partial charge in [-0.05, 0) is 50.8 Å². The van der Waals surface area contributed by atoms with E-state index in [0.717, 1.165) is 6.42 Å². The Balaban J connectivity index is 2.55. The first-order chi connectivity index (χ1) is 7.08. The van der Waals surface area contributed by atoms with Crippen LogP contribution in [0.1, 0.15) is 37.0 Å². The number of allylic oxidation sites excluding steroid dienone is 4. The van der Waals surface area contributed by atoms with E-state index in [-0.39, 0.29) is 0 Å². The molecule has 0 aliphatic heterocycles. The molecule has 1 aromatic carbocycles. The van der Waals surface area contributed by atoms with E-state index < -0.39 is 0 Å². The van der Waals surface area contributed by atoms with Crippen LogP contribution in [0.15, 0.2) is 35.4 Å². The zero-order valence-electron chi connectivity index (χ0n) is 10.0. The van der Waals surface area contributed by atoms with Crippen molar-refractivity contribution in [3.05, 3.63) is 52.1 Å². The van der Waals surface area contributed by atoms with Crippen LogP contribution in [0.25, 0.3) is 5.57 Å². The molecule has 1 aromatic rings. The van der Waals surface area contributed by atoms with Crippen molar-refractivity contribution in [2.45, 2.75) is 34.1 Å². The lowest BCUT2D eigenvalue weighted by atomic mass is 9.95. The molecule has 0 N–H and O–H groups in total. The molecule has 0 atom stereocenters. The Bertz CT molecular complexity index is 439. The van der Waals surface area contributed by atoms with E-state index in [1.807, 2.05) is 0 Å². The van der Waals surface area contributed by atoms with Gasteiger partial charge >= 0.3 is 0 Å². The summed E-state index contributed by atoms with van der Waals surface area (Å²) in [7, 11) is 0. The highest BCUT2D eigenvalue weighted by atomic mass is 14.2. The fourth-order valence-electron chi connectivity index (χ4n) is 2.44. The summed E-state index contributed by atoms with van der Waals surface area (Å²) in [6.07, 6.45) is 3.44. The maximum atomic E-state index is 2.32. The normalized spacial score (nSPS) is 15.9. The molecule has 0 saturated carbocycles. The van der Waals surface area contributed by atoms with E-state index in [4.69, 9.17) is 0 Å². The van der Waals surface area contributed by atoms with Gasteiger partial charge in [-0.3, -0.25) is 0 Å². The van der Waals surface area contributed by atoms with Gasteiger partial charge in [-0.15, -0.1) is 0 Å². The third kappa shape index (κ3) is 1.90. The molecule has 2 rings (SSSR count). The standard InChI is InChI=1S/C15H18/c1-10-7-11(2)9-14(8-10)15-12(3)5-6-13(15)4/h5,7-9H,6H2,1-4H3. The Morgan fingerprint density at radius 2 is 1.47 bits per heavy atom. The van der Waals surface area contributed by atoms with Crippen LogP contribution in [-0.4, -0.2) is 0 Å². The molecule has 0 radical (unpaired) electrons. The van der Waals surface area contributed by atoms with Gasteiger partial charge in [0, 0.05) is 0 Å². The third-order valence-electron chi connectivity index (χ3n) is 3.05. The summed E-state index contributed by atoms with van der Waals surface area (Å²) in [5, 5.41) is 0. The summed E-state index contributed by atoms with van der Waals surface area (Å²) in [6.45, 7) is 8.78. The number of rotatable bonds is 1. The summed E-state index contributed by atoms with van der Waals surface area (Å²) in [4.78, 5) is 0. The van der Waals surface area contributed by atoms with Crippen LogP contribution in [0.5, 0.6) is 0 Å². The first-order valence-electron chi connectivity index (χ1n) is 5.53. The lowest BCUT2D eigenvalue weighted by Crippen LogP contribution is -1.89. The van der Waals surface area contributed by atoms with E-state index in [2.05, 4.69) is 52.0 Å². The summed E-state index contributed by atoms with van der Waals surface area (Å²) in [5.41, 5.74) is 8.48. The molecule has 0 spiro atoms. The zero-order chi connectivity index (χ0) is 11.0. The lowest BCUT2D eigenvalue weighted by molar-refractivity contribution is 1.25. The molecule has 0 unspecified atom stereocenters. The van der Waals surface area contributed by atoms with Crippen LogP contribution in [0.3, 0.4) is 0 Å². The first kappa shape index (κ1) is 10.2. The van der Waals surface area contributed by atoms with E-state index in [1.54, 1.807) is 0 Å². The largest absolute Gasteiger partial charge is 0.0769 e. The molecule has 1 aliphatic rings. The van der Waals surface area contributed by atoms with Crippen LogP contribution < -0.4 is 0 Å². The van der Waals surface area contributed by atoms with E-state index >= 15 is 0 Å². The number of aryl methyl sites for hydroxylation is 2. The highest BCUT2D eigenvalue weighted by Gasteiger charge is 2.13. The Labute approximate surface area is 92.3 Å². The molecule has 0 aromatic heterocycles. The van der Waals surface area contributed by atoms with Crippen molar-refractivity contribution in [3.8, 4) is 0 Å². The van der Waals surface area contributed by atoms with Crippen molar-refractivity contribution < 1.29 is 0 Å². The summed E-state index contributed by atoms with van der Waals surface area (Å²) in [6, 6.07) is 6.80. The van der Waals surface area contributed by atoms with Gasteiger partial charge in [-0.25, -0.2) is 0 Å². The van der Waals surface area contributed by atoms with Gasteiger partial charge in [0.2, 0.25) is 0 Å². The third-order valence-corrected chi connectivity index (χ3v) is 3.05. The number of hydrogen-bond acceptors (Lipinski definition) is 0. The number of hydrogen-bond donors (Lipinski definition) is 0. The molecule has 0 heteroatoms. The smallest absolute Gasteiger partial charge is 0.0126 e. The molecule has 1 aliphatic carbocycles. The highest BCUT2D eigenvalue weighted by Crippen LogP contribution is 2.34. The van der Waals surface area contributed by atoms with Gasteiger partial charge in [0.15, 0.2) is 0 Å². The molecule has 78 valence electrons. The van der Waals surface area contributed by atoms with E-state index in [1.165, 1.54) is 33.4 Å². The molecular weight excluding hydrogens is 180 g/mol. The van der Waals surface area contributed by atoms with Crippen LogP contribution in [0.2, 0.25) is 0 Å². The minimum Gasteiger partial charge on any atom is -0.0769 e. The summed E-state index contributed by atoms with van der Waals surface area (Å²) < 4.78 is 0. The van der Waals surface area contributed by atoms with Crippen molar-refractivity contribution in [2.75, 3.05) is 0 Å². The summed E-state index contributed by atoms with van der Waals surface area (Å²) >= 11 is 0. The van der Waals surface area contributed by atoms with Gasteiger partial charge in [0.1, 0.15) is 0 Å². The Morgan fingerprint density at radius 1 is 0.867 bits per heavy atom. The molecule has 0 fully saturated rings. The van der Waals surface area contributed by atoms with Crippen LogP contribution in [0, 0.1) is 13.8 Å². The predicted octanol–water partition coefficient (Wildman–Crippen LogP) is 4.43. The molecule has 15 heavy (non-hydrogen) atoms. The van der Waals surface area contributed by atoms with E-state index in [0.29, 0.717) is 0 Å². The molecule has 0 saturated heterocycles. The van der Waals surface area contributed by atoms with Gasteiger partial charge in [0.05, 0.1) is 0 Å². The van der Waals surface area contributed by atoms with Gasteiger partial charge in [0.25, 0.3) is 0 Å². The molecular formula is C15H18. The fraction of sp³-hybridized carbons (Fsp3) is 0.333. The van der Waals surface area contributed by atoms with E-state index in [9.17, 15) is 0 Å². The van der Waals surface area contributed by atoms with Crippen molar-refractivity contribution in [3.63, 3.8) is 0 Å². The van der Waals surface area contributed by atoms with Crippen LogP contribution >= 0.6 is 0 Å². The second-order valence-electron chi connectivity index (χ2n) is 4.62. The van der Waals surface area contributed by atoms with Gasteiger partial charge < -0.3 is 0 Å². The molecule has 0 nitrogen and oxygen atoms in total. The minimum absolute atomic E-state index is 1.12. The van der Waals surface area contributed by atoms with Crippen molar-refractivity contribution in [1.82, 2.24) is 0 Å². The average molecular weight is 198 g/mol. The molecule has 0 heterocycles. The van der Waals surface area contributed by atoms with Gasteiger partial charge in [-0.2, -0.15) is 0 Å². The van der Waals surface area contributed by atoms with Crippen molar-refractivity contribution in [1.29, 1.82) is 0 Å². The Hall–Kier alpha value is -1.30. The van der Waals surface area contributed by atoms with Gasteiger partial charge in [-0.1, -0.05) is 41.0 Å². The monoisotopic (exact) mass is 198 g/mol. The second-order valence-corrected chi connectivity index (χ2v) is 4.62. The summed E-state index contributed by atoms with van der Waals surface area (Å²) in [5.74, 6) is 0. The lowest BCUT2D eigenvalue weighted by Gasteiger charge is -2.09. The van der Waals surface area contributed by atoms with Crippen LogP contribution in [-0.2, 0) is 0 Å². The average Bonchev–Trinajstić information content (AvgIpc) is 2.44. The highest BCUT2D eigenvalue weighted by molar-refractivity contribution is 5.83. The topological polar surface area (TPSA) is 0 Å².